The van der Waals surface area contributed by atoms with Crippen LogP contribution in [0.1, 0.15) is 22.7 Å². The molecule has 1 aromatic heterocycles. The van der Waals surface area contributed by atoms with Crippen molar-refractivity contribution in [3.63, 3.8) is 0 Å². The Morgan fingerprint density at radius 3 is 2.70 bits per heavy atom. The quantitative estimate of drug-likeness (QED) is 0.496. The number of fused-ring (bicyclic) bond motifs is 1. The van der Waals surface area contributed by atoms with Crippen LogP contribution in [-0.2, 0) is 0 Å². The molecule has 4 heteroatoms. The molecule has 0 bridgehead atoms. The van der Waals surface area contributed by atoms with Crippen molar-refractivity contribution in [2.24, 2.45) is 5.73 Å². The number of nitrogens with two attached hydrogens (primary N) is 1. The van der Waals surface area contributed by atoms with Gasteiger partial charge in [0.15, 0.2) is 0 Å². The summed E-state index contributed by atoms with van der Waals surface area (Å²) >= 11 is 7.74. The number of aryl methyl sites for hydroxylation is 1. The van der Waals surface area contributed by atoms with Gasteiger partial charge in [0.05, 0.1) is 6.04 Å². The largest absolute Gasteiger partial charge is 0.320 e. The van der Waals surface area contributed by atoms with Crippen LogP contribution in [0.15, 0.2) is 46.3 Å². The van der Waals surface area contributed by atoms with Crippen molar-refractivity contribution in [1.29, 1.82) is 0 Å². The average molecular weight is 458 g/mol. The molecule has 2 N–H and O–H groups in total. The Morgan fingerprint density at radius 1 is 1.15 bits per heavy atom. The van der Waals surface area contributed by atoms with Crippen LogP contribution in [0.5, 0.6) is 0 Å². The SMILES string of the molecule is Cc1cccc(C(N)c2csc3c(Br)cccc23)c1I. The van der Waals surface area contributed by atoms with Crippen LogP contribution in [-0.4, -0.2) is 0 Å². The fourth-order valence-corrected chi connectivity index (χ4v) is 4.71. The molecule has 1 unspecified atom stereocenters. The molecular formula is C16H13BrINS. The lowest BCUT2D eigenvalue weighted by Crippen LogP contribution is -2.13. The van der Waals surface area contributed by atoms with Gasteiger partial charge in [-0.25, -0.2) is 0 Å². The van der Waals surface area contributed by atoms with E-state index in [2.05, 4.69) is 87.2 Å². The summed E-state index contributed by atoms with van der Waals surface area (Å²) < 4.78 is 3.66. The van der Waals surface area contributed by atoms with Crippen molar-refractivity contribution in [2.75, 3.05) is 0 Å². The summed E-state index contributed by atoms with van der Waals surface area (Å²) in [7, 11) is 0. The highest BCUT2D eigenvalue weighted by Gasteiger charge is 2.17. The number of halogens is 2. The lowest BCUT2D eigenvalue weighted by Gasteiger charge is -2.15. The van der Waals surface area contributed by atoms with E-state index in [0.717, 1.165) is 4.47 Å². The predicted molar refractivity (Wildman–Crippen MR) is 99.5 cm³/mol. The predicted octanol–water partition coefficient (Wildman–Crippen LogP) is 5.62. The third-order valence-corrected chi connectivity index (χ3v) is 6.92. The van der Waals surface area contributed by atoms with Crippen molar-refractivity contribution < 1.29 is 0 Å². The highest BCUT2D eigenvalue weighted by molar-refractivity contribution is 14.1. The molecule has 3 aromatic rings. The molecule has 2 aromatic carbocycles. The maximum absolute atomic E-state index is 6.53. The molecule has 20 heavy (non-hydrogen) atoms. The maximum Gasteiger partial charge on any atom is 0.0576 e. The van der Waals surface area contributed by atoms with Crippen LogP contribution >= 0.6 is 49.9 Å². The van der Waals surface area contributed by atoms with Gasteiger partial charge in [-0.15, -0.1) is 11.3 Å². The summed E-state index contributed by atoms with van der Waals surface area (Å²) in [6.07, 6.45) is 0. The smallest absolute Gasteiger partial charge is 0.0576 e. The van der Waals surface area contributed by atoms with E-state index in [1.165, 1.54) is 30.3 Å². The minimum Gasteiger partial charge on any atom is -0.320 e. The number of hydrogen-bond acceptors (Lipinski definition) is 2. The lowest BCUT2D eigenvalue weighted by molar-refractivity contribution is 0.875. The second-order valence-electron chi connectivity index (χ2n) is 4.76. The van der Waals surface area contributed by atoms with Crippen molar-refractivity contribution in [2.45, 2.75) is 13.0 Å². The summed E-state index contributed by atoms with van der Waals surface area (Å²) in [5.74, 6) is 0. The van der Waals surface area contributed by atoms with E-state index in [0.29, 0.717) is 0 Å². The zero-order valence-electron chi connectivity index (χ0n) is 10.9. The first-order chi connectivity index (χ1) is 9.59. The Bertz CT molecular complexity index is 781. The number of rotatable bonds is 2. The molecule has 0 amide bonds. The molecule has 0 radical (unpaired) electrons. The van der Waals surface area contributed by atoms with Gasteiger partial charge in [0, 0.05) is 12.7 Å². The molecule has 0 saturated heterocycles. The monoisotopic (exact) mass is 457 g/mol. The summed E-state index contributed by atoms with van der Waals surface area (Å²) in [6, 6.07) is 12.5. The standard InChI is InChI=1S/C16H13BrINS/c1-9-4-2-6-11(14(9)18)15(19)12-8-20-16-10(12)5-3-7-13(16)17/h2-8,15H,19H2,1H3. The van der Waals surface area contributed by atoms with E-state index in [9.17, 15) is 0 Å². The maximum atomic E-state index is 6.53. The first-order valence-corrected chi connectivity index (χ1v) is 9.01. The molecule has 0 spiro atoms. The van der Waals surface area contributed by atoms with Gasteiger partial charge in [-0.3, -0.25) is 0 Å². The van der Waals surface area contributed by atoms with E-state index < -0.39 is 0 Å². The van der Waals surface area contributed by atoms with Gasteiger partial charge in [0.2, 0.25) is 0 Å². The Labute approximate surface area is 144 Å². The second kappa shape index (κ2) is 5.75. The average Bonchev–Trinajstić information content (AvgIpc) is 2.86. The summed E-state index contributed by atoms with van der Waals surface area (Å²) in [5, 5.41) is 3.42. The van der Waals surface area contributed by atoms with Crippen LogP contribution in [0.4, 0.5) is 0 Å². The van der Waals surface area contributed by atoms with E-state index in [4.69, 9.17) is 5.73 Å². The summed E-state index contributed by atoms with van der Waals surface area (Å²) in [6.45, 7) is 2.13. The van der Waals surface area contributed by atoms with Crippen molar-refractivity contribution in [1.82, 2.24) is 0 Å². The van der Waals surface area contributed by atoms with Crippen LogP contribution in [0.3, 0.4) is 0 Å². The zero-order chi connectivity index (χ0) is 14.3. The molecule has 1 heterocycles. The molecule has 0 fully saturated rings. The van der Waals surface area contributed by atoms with Crippen molar-refractivity contribution >= 4 is 59.9 Å². The molecule has 3 rings (SSSR count). The van der Waals surface area contributed by atoms with E-state index in [1.807, 2.05) is 0 Å². The number of thiophene rings is 1. The van der Waals surface area contributed by atoms with E-state index >= 15 is 0 Å². The van der Waals surface area contributed by atoms with Gasteiger partial charge < -0.3 is 5.73 Å². The first-order valence-electron chi connectivity index (χ1n) is 6.26. The number of hydrogen-bond donors (Lipinski definition) is 1. The van der Waals surface area contributed by atoms with Crippen LogP contribution in [0.2, 0.25) is 0 Å². The number of benzene rings is 2. The normalized spacial score (nSPS) is 12.8. The lowest BCUT2D eigenvalue weighted by atomic mass is 9.98. The molecule has 1 nitrogen and oxygen atoms in total. The molecule has 0 saturated carbocycles. The van der Waals surface area contributed by atoms with Crippen LogP contribution in [0, 0.1) is 10.5 Å². The molecule has 0 aliphatic rings. The minimum atomic E-state index is -0.0788. The van der Waals surface area contributed by atoms with Crippen molar-refractivity contribution in [3.05, 3.63) is 66.5 Å². The Balaban J connectivity index is 2.16. The molecule has 1 atom stereocenters. The molecule has 102 valence electrons. The van der Waals surface area contributed by atoms with Gasteiger partial charge in [-0.1, -0.05) is 30.3 Å². The summed E-state index contributed by atoms with van der Waals surface area (Å²) in [4.78, 5) is 0. The van der Waals surface area contributed by atoms with E-state index in [1.54, 1.807) is 11.3 Å². The van der Waals surface area contributed by atoms with E-state index in [-0.39, 0.29) is 6.04 Å². The van der Waals surface area contributed by atoms with Crippen LogP contribution in [0.25, 0.3) is 10.1 Å². The third-order valence-electron chi connectivity index (χ3n) is 3.47. The first kappa shape index (κ1) is 14.5. The highest BCUT2D eigenvalue weighted by atomic mass is 127. The van der Waals surface area contributed by atoms with Crippen LogP contribution < -0.4 is 5.73 Å². The third kappa shape index (κ3) is 2.43. The van der Waals surface area contributed by atoms with Gasteiger partial charge in [-0.2, -0.15) is 0 Å². The van der Waals surface area contributed by atoms with Gasteiger partial charge in [0.25, 0.3) is 0 Å². The Hall–Kier alpha value is -0.430. The van der Waals surface area contributed by atoms with Crippen molar-refractivity contribution in [3.8, 4) is 0 Å². The molecule has 0 aliphatic heterocycles. The zero-order valence-corrected chi connectivity index (χ0v) is 15.4. The fourth-order valence-electron chi connectivity index (χ4n) is 2.36. The van der Waals surface area contributed by atoms with Gasteiger partial charge in [-0.05, 0) is 79.0 Å². The molecule has 0 aliphatic carbocycles. The fraction of sp³-hybridized carbons (Fsp3) is 0.125. The highest BCUT2D eigenvalue weighted by Crippen LogP contribution is 2.37. The van der Waals surface area contributed by atoms with Gasteiger partial charge in [0.1, 0.15) is 0 Å². The Morgan fingerprint density at radius 2 is 1.90 bits per heavy atom. The Kier molecular flexibility index (Phi) is 4.17. The second-order valence-corrected chi connectivity index (χ2v) is 7.58. The summed E-state index contributed by atoms with van der Waals surface area (Å²) in [5.41, 5.74) is 10.2. The molecular weight excluding hydrogens is 445 g/mol. The van der Waals surface area contributed by atoms with Gasteiger partial charge >= 0.3 is 0 Å². The topological polar surface area (TPSA) is 26.0 Å². The minimum absolute atomic E-state index is 0.0788.